The van der Waals surface area contributed by atoms with Crippen LogP contribution in [0.15, 0.2) is 0 Å². The molecule has 0 aliphatic heterocycles. The normalized spacial score (nSPS) is 16.9. The van der Waals surface area contributed by atoms with E-state index in [1.54, 1.807) is 19.0 Å². The van der Waals surface area contributed by atoms with Crippen LogP contribution in [0.4, 0.5) is 0 Å². The van der Waals surface area contributed by atoms with E-state index in [0.29, 0.717) is 6.04 Å². The summed E-state index contributed by atoms with van der Waals surface area (Å²) in [6.07, 6.45) is 5.87. The van der Waals surface area contributed by atoms with E-state index in [-0.39, 0.29) is 24.9 Å². The van der Waals surface area contributed by atoms with Gasteiger partial charge in [0.25, 0.3) is 0 Å². The van der Waals surface area contributed by atoms with Crippen molar-refractivity contribution in [1.82, 2.24) is 15.5 Å². The predicted octanol–water partition coefficient (Wildman–Crippen LogP) is 0.113. The highest BCUT2D eigenvalue weighted by molar-refractivity contribution is 5.81. The monoisotopic (exact) mass is 241 g/mol. The first-order chi connectivity index (χ1) is 8.11. The van der Waals surface area contributed by atoms with Crippen molar-refractivity contribution in [2.45, 2.75) is 38.1 Å². The van der Waals surface area contributed by atoms with Crippen LogP contribution in [0, 0.1) is 0 Å². The molecule has 1 aliphatic carbocycles. The van der Waals surface area contributed by atoms with Crippen molar-refractivity contribution < 1.29 is 9.59 Å². The Morgan fingerprint density at radius 2 is 1.71 bits per heavy atom. The summed E-state index contributed by atoms with van der Waals surface area (Å²) in [5, 5.41) is 5.57. The highest BCUT2D eigenvalue weighted by Gasteiger charge is 2.16. The molecule has 0 atom stereocenters. The maximum Gasteiger partial charge on any atom is 0.234 e. The third-order valence-corrected chi connectivity index (χ3v) is 3.08. The van der Waals surface area contributed by atoms with Gasteiger partial charge < -0.3 is 10.6 Å². The first-order valence-corrected chi connectivity index (χ1v) is 6.30. The molecule has 0 aromatic rings. The summed E-state index contributed by atoms with van der Waals surface area (Å²) in [5.74, 6) is -0.0544. The molecule has 1 aliphatic rings. The van der Waals surface area contributed by atoms with Crippen LogP contribution in [-0.2, 0) is 9.59 Å². The Morgan fingerprint density at radius 1 is 1.12 bits per heavy atom. The molecule has 0 radical (unpaired) electrons. The summed E-state index contributed by atoms with van der Waals surface area (Å²) in [4.78, 5) is 24.5. The Balaban J connectivity index is 2.21. The number of nitrogens with one attached hydrogen (secondary N) is 2. The van der Waals surface area contributed by atoms with E-state index in [2.05, 4.69) is 10.6 Å². The number of nitrogens with zero attached hydrogens (tertiary/aromatic N) is 1. The van der Waals surface area contributed by atoms with Gasteiger partial charge in [-0.15, -0.1) is 0 Å². The van der Waals surface area contributed by atoms with E-state index in [1.165, 1.54) is 19.3 Å². The molecule has 0 saturated heterocycles. The molecule has 0 spiro atoms. The summed E-state index contributed by atoms with van der Waals surface area (Å²) in [5.41, 5.74) is 0. The number of likely N-dealkylation sites (N-methyl/N-ethyl adjacent to an activating group) is 2. The van der Waals surface area contributed by atoms with Crippen LogP contribution in [0.3, 0.4) is 0 Å². The average molecular weight is 241 g/mol. The van der Waals surface area contributed by atoms with Crippen LogP contribution < -0.4 is 10.6 Å². The van der Waals surface area contributed by atoms with Gasteiger partial charge in [0.05, 0.1) is 13.1 Å². The fourth-order valence-corrected chi connectivity index (χ4v) is 2.15. The summed E-state index contributed by atoms with van der Waals surface area (Å²) < 4.78 is 0. The molecule has 1 rings (SSSR count). The van der Waals surface area contributed by atoms with Crippen molar-refractivity contribution in [3.8, 4) is 0 Å². The van der Waals surface area contributed by atoms with Crippen LogP contribution in [0.5, 0.6) is 0 Å². The van der Waals surface area contributed by atoms with Crippen molar-refractivity contribution in [2.24, 2.45) is 0 Å². The lowest BCUT2D eigenvalue weighted by Crippen LogP contribution is -2.44. The summed E-state index contributed by atoms with van der Waals surface area (Å²) in [7, 11) is 3.37. The predicted molar refractivity (Wildman–Crippen MR) is 66.6 cm³/mol. The van der Waals surface area contributed by atoms with E-state index >= 15 is 0 Å². The fraction of sp³-hybridized carbons (Fsp3) is 0.833. The van der Waals surface area contributed by atoms with Gasteiger partial charge in [-0.2, -0.15) is 0 Å². The molecular weight excluding hydrogens is 218 g/mol. The van der Waals surface area contributed by atoms with E-state index in [1.807, 2.05) is 0 Å². The second-order valence-corrected chi connectivity index (χ2v) is 4.75. The fourth-order valence-electron chi connectivity index (χ4n) is 2.15. The maximum absolute atomic E-state index is 11.7. The van der Waals surface area contributed by atoms with Crippen LogP contribution in [-0.4, -0.2) is 49.9 Å². The highest BCUT2D eigenvalue weighted by atomic mass is 16.2. The van der Waals surface area contributed by atoms with E-state index < -0.39 is 0 Å². The Hall–Kier alpha value is -1.10. The van der Waals surface area contributed by atoms with Gasteiger partial charge in [-0.1, -0.05) is 19.3 Å². The molecule has 17 heavy (non-hydrogen) atoms. The minimum absolute atomic E-state index is 0.0169. The lowest BCUT2D eigenvalue weighted by atomic mass is 9.95. The van der Waals surface area contributed by atoms with Crippen molar-refractivity contribution in [3.63, 3.8) is 0 Å². The molecule has 1 saturated carbocycles. The summed E-state index contributed by atoms with van der Waals surface area (Å²) >= 11 is 0. The van der Waals surface area contributed by atoms with Gasteiger partial charge in [-0.25, -0.2) is 0 Å². The molecule has 5 heteroatoms. The first-order valence-electron chi connectivity index (χ1n) is 6.30. The first kappa shape index (κ1) is 14.0. The van der Waals surface area contributed by atoms with Gasteiger partial charge in [0.2, 0.25) is 11.8 Å². The Kier molecular flexibility index (Phi) is 5.97. The van der Waals surface area contributed by atoms with E-state index in [9.17, 15) is 9.59 Å². The SMILES string of the molecule is CNC(=O)CN(C)CC(=O)NC1CCCCC1. The third kappa shape index (κ3) is 5.68. The molecule has 0 aromatic carbocycles. The molecule has 2 N–H and O–H groups in total. The van der Waals surface area contributed by atoms with Crippen molar-refractivity contribution >= 4 is 11.8 Å². The molecule has 0 unspecified atom stereocenters. The quantitative estimate of drug-likeness (QED) is 0.718. The topological polar surface area (TPSA) is 61.4 Å². The third-order valence-electron chi connectivity index (χ3n) is 3.08. The smallest absolute Gasteiger partial charge is 0.234 e. The number of carbonyl (C=O) groups is 2. The zero-order valence-corrected chi connectivity index (χ0v) is 10.8. The number of hydrogen-bond acceptors (Lipinski definition) is 3. The maximum atomic E-state index is 11.7. The van der Waals surface area contributed by atoms with Crippen LogP contribution in [0.1, 0.15) is 32.1 Å². The van der Waals surface area contributed by atoms with E-state index in [4.69, 9.17) is 0 Å². The van der Waals surface area contributed by atoms with Crippen molar-refractivity contribution in [3.05, 3.63) is 0 Å². The van der Waals surface area contributed by atoms with Crippen molar-refractivity contribution in [1.29, 1.82) is 0 Å². The van der Waals surface area contributed by atoms with Crippen molar-refractivity contribution in [2.75, 3.05) is 27.2 Å². The minimum Gasteiger partial charge on any atom is -0.358 e. The zero-order chi connectivity index (χ0) is 12.7. The van der Waals surface area contributed by atoms with Crippen LogP contribution >= 0.6 is 0 Å². The van der Waals surface area contributed by atoms with E-state index in [0.717, 1.165) is 12.8 Å². The molecule has 2 amide bonds. The lowest BCUT2D eigenvalue weighted by molar-refractivity contribution is -0.124. The van der Waals surface area contributed by atoms with Gasteiger partial charge in [0.1, 0.15) is 0 Å². The Labute approximate surface area is 103 Å². The molecule has 1 fully saturated rings. The average Bonchev–Trinajstić information content (AvgIpc) is 2.29. The highest BCUT2D eigenvalue weighted by Crippen LogP contribution is 2.17. The Morgan fingerprint density at radius 3 is 2.29 bits per heavy atom. The minimum atomic E-state index is -0.0713. The van der Waals surface area contributed by atoms with Gasteiger partial charge in [-0.05, 0) is 19.9 Å². The second-order valence-electron chi connectivity index (χ2n) is 4.75. The Bertz CT molecular complexity index is 262. The molecule has 0 bridgehead atoms. The summed E-state index contributed by atoms with van der Waals surface area (Å²) in [6, 6.07) is 0.338. The van der Waals surface area contributed by atoms with Gasteiger partial charge in [-0.3, -0.25) is 14.5 Å². The molecule has 5 nitrogen and oxygen atoms in total. The van der Waals surface area contributed by atoms with Crippen LogP contribution in [0.25, 0.3) is 0 Å². The number of rotatable bonds is 5. The van der Waals surface area contributed by atoms with Gasteiger partial charge >= 0.3 is 0 Å². The second kappa shape index (κ2) is 7.27. The number of amides is 2. The zero-order valence-electron chi connectivity index (χ0n) is 10.8. The standard InChI is InChI=1S/C12H23N3O2/c1-13-11(16)8-15(2)9-12(17)14-10-6-4-3-5-7-10/h10H,3-9H2,1-2H3,(H,13,16)(H,14,17). The lowest BCUT2D eigenvalue weighted by Gasteiger charge is -2.24. The molecule has 0 heterocycles. The van der Waals surface area contributed by atoms with Gasteiger partial charge in [0.15, 0.2) is 0 Å². The van der Waals surface area contributed by atoms with Gasteiger partial charge in [0, 0.05) is 13.1 Å². The number of hydrogen-bond donors (Lipinski definition) is 2. The molecular formula is C12H23N3O2. The summed E-state index contributed by atoms with van der Waals surface area (Å²) in [6.45, 7) is 0.540. The molecule has 98 valence electrons. The largest absolute Gasteiger partial charge is 0.358 e. The molecule has 0 aromatic heterocycles. The van der Waals surface area contributed by atoms with Crippen LogP contribution in [0.2, 0.25) is 0 Å². The number of carbonyl (C=O) groups excluding carboxylic acids is 2.